The van der Waals surface area contributed by atoms with Crippen molar-refractivity contribution in [3.8, 4) is 0 Å². The minimum absolute atomic E-state index is 0.880. The fraction of sp³-hybridized carbons (Fsp3) is 0.462. The van der Waals surface area contributed by atoms with Crippen molar-refractivity contribution < 1.29 is 0 Å². The number of aryl methyl sites for hydroxylation is 1. The van der Waals surface area contributed by atoms with E-state index in [2.05, 4.69) is 37.1 Å². The van der Waals surface area contributed by atoms with E-state index in [1.165, 1.54) is 0 Å². The zero-order valence-corrected chi connectivity index (χ0v) is 11.4. The third-order valence-electron chi connectivity index (χ3n) is 2.98. The van der Waals surface area contributed by atoms with Gasteiger partial charge in [0, 0.05) is 38.1 Å². The molecule has 0 saturated carbocycles. The molecule has 2 aromatic rings. The van der Waals surface area contributed by atoms with Crippen LogP contribution in [-0.4, -0.2) is 33.1 Å². The predicted octanol–water partition coefficient (Wildman–Crippen LogP) is 1.78. The summed E-state index contributed by atoms with van der Waals surface area (Å²) in [7, 11) is 1.88. The van der Waals surface area contributed by atoms with Gasteiger partial charge in [-0.3, -0.25) is 0 Å². The Balaban J connectivity index is 1.88. The quantitative estimate of drug-likeness (QED) is 0.743. The van der Waals surface area contributed by atoms with Crippen molar-refractivity contribution in [1.82, 2.24) is 19.5 Å². The molecule has 0 fully saturated rings. The van der Waals surface area contributed by atoms with Crippen LogP contribution in [0.1, 0.15) is 18.9 Å². The highest BCUT2D eigenvalue weighted by Gasteiger charge is 2.07. The Bertz CT molecular complexity index is 494. The second-order valence-electron chi connectivity index (χ2n) is 4.23. The second kappa shape index (κ2) is 6.72. The van der Waals surface area contributed by atoms with E-state index in [1.807, 2.05) is 19.6 Å². The summed E-state index contributed by atoms with van der Waals surface area (Å²) in [5.41, 5.74) is 1.13. The van der Waals surface area contributed by atoms with Crippen LogP contribution in [0.5, 0.6) is 0 Å². The van der Waals surface area contributed by atoms with Crippen LogP contribution in [0, 0.1) is 0 Å². The van der Waals surface area contributed by atoms with Crippen molar-refractivity contribution in [1.29, 1.82) is 0 Å². The highest BCUT2D eigenvalue weighted by atomic mass is 15.1. The molecule has 6 heteroatoms. The summed E-state index contributed by atoms with van der Waals surface area (Å²) in [6.07, 6.45) is 9.12. The minimum Gasteiger partial charge on any atom is -0.373 e. The van der Waals surface area contributed by atoms with Crippen LogP contribution >= 0.6 is 0 Å². The average molecular weight is 260 g/mol. The molecule has 102 valence electrons. The summed E-state index contributed by atoms with van der Waals surface area (Å²) < 4.78 is 2.07. The number of hydrogen-bond acceptors (Lipinski definition) is 5. The molecule has 2 aromatic heterocycles. The van der Waals surface area contributed by atoms with Crippen LogP contribution in [-0.2, 0) is 13.0 Å². The Morgan fingerprint density at radius 2 is 2.11 bits per heavy atom. The highest BCUT2D eigenvalue weighted by Crippen LogP contribution is 2.19. The zero-order chi connectivity index (χ0) is 13.5. The molecule has 0 spiro atoms. The van der Waals surface area contributed by atoms with Crippen molar-refractivity contribution in [2.24, 2.45) is 0 Å². The van der Waals surface area contributed by atoms with Gasteiger partial charge in [-0.2, -0.15) is 0 Å². The molecule has 0 unspecified atom stereocenters. The lowest BCUT2D eigenvalue weighted by Gasteiger charge is -2.12. The lowest BCUT2D eigenvalue weighted by Crippen LogP contribution is -2.10. The van der Waals surface area contributed by atoms with E-state index in [1.54, 1.807) is 12.5 Å². The largest absolute Gasteiger partial charge is 0.373 e. The van der Waals surface area contributed by atoms with E-state index in [0.717, 1.165) is 43.1 Å². The molecule has 0 aliphatic carbocycles. The SMILES string of the molecule is CCc1c(NC)ncnc1NCCCn1ccnc1. The summed E-state index contributed by atoms with van der Waals surface area (Å²) in [4.78, 5) is 12.6. The maximum atomic E-state index is 4.31. The van der Waals surface area contributed by atoms with Crippen LogP contribution in [0.15, 0.2) is 25.0 Å². The van der Waals surface area contributed by atoms with Gasteiger partial charge in [0.1, 0.15) is 18.0 Å². The third-order valence-corrected chi connectivity index (χ3v) is 2.98. The summed E-state index contributed by atoms with van der Waals surface area (Å²) in [6, 6.07) is 0. The first-order chi connectivity index (χ1) is 9.35. The molecule has 0 bridgehead atoms. The highest BCUT2D eigenvalue weighted by molar-refractivity contribution is 5.56. The summed E-state index contributed by atoms with van der Waals surface area (Å²) in [6.45, 7) is 3.94. The number of anilines is 2. The van der Waals surface area contributed by atoms with Crippen LogP contribution in [0.2, 0.25) is 0 Å². The number of hydrogen-bond donors (Lipinski definition) is 2. The fourth-order valence-corrected chi connectivity index (χ4v) is 2.00. The Kier molecular flexibility index (Phi) is 4.72. The first kappa shape index (κ1) is 13.3. The van der Waals surface area contributed by atoms with Gasteiger partial charge in [-0.1, -0.05) is 6.92 Å². The molecule has 0 aliphatic heterocycles. The van der Waals surface area contributed by atoms with Crippen molar-refractivity contribution in [2.75, 3.05) is 24.2 Å². The molecule has 2 rings (SSSR count). The lowest BCUT2D eigenvalue weighted by molar-refractivity contribution is 0.659. The van der Waals surface area contributed by atoms with Crippen LogP contribution in [0.4, 0.5) is 11.6 Å². The predicted molar refractivity (Wildman–Crippen MR) is 76.3 cm³/mol. The molecule has 0 aliphatic rings. The average Bonchev–Trinajstić information content (AvgIpc) is 2.96. The molecule has 0 radical (unpaired) electrons. The summed E-state index contributed by atoms with van der Waals surface area (Å²) >= 11 is 0. The Morgan fingerprint density at radius 1 is 1.26 bits per heavy atom. The molecule has 0 atom stereocenters. The van der Waals surface area contributed by atoms with Gasteiger partial charge in [0.05, 0.1) is 6.33 Å². The summed E-state index contributed by atoms with van der Waals surface area (Å²) in [5.74, 6) is 1.82. The van der Waals surface area contributed by atoms with E-state index in [-0.39, 0.29) is 0 Å². The number of nitrogens with zero attached hydrogens (tertiary/aromatic N) is 4. The van der Waals surface area contributed by atoms with E-state index >= 15 is 0 Å². The van der Waals surface area contributed by atoms with Crippen LogP contribution < -0.4 is 10.6 Å². The minimum atomic E-state index is 0.880. The van der Waals surface area contributed by atoms with Gasteiger partial charge < -0.3 is 15.2 Å². The van der Waals surface area contributed by atoms with Crippen molar-refractivity contribution in [2.45, 2.75) is 26.3 Å². The van der Waals surface area contributed by atoms with Crippen molar-refractivity contribution in [3.05, 3.63) is 30.6 Å². The molecule has 6 nitrogen and oxygen atoms in total. The van der Waals surface area contributed by atoms with Crippen molar-refractivity contribution >= 4 is 11.6 Å². The smallest absolute Gasteiger partial charge is 0.134 e. The van der Waals surface area contributed by atoms with E-state index < -0.39 is 0 Å². The maximum Gasteiger partial charge on any atom is 0.134 e. The Labute approximate surface area is 113 Å². The first-order valence-electron chi connectivity index (χ1n) is 6.56. The van der Waals surface area contributed by atoms with Gasteiger partial charge in [-0.15, -0.1) is 0 Å². The second-order valence-corrected chi connectivity index (χ2v) is 4.23. The van der Waals surface area contributed by atoms with Gasteiger partial charge in [0.2, 0.25) is 0 Å². The fourth-order valence-electron chi connectivity index (χ4n) is 2.00. The lowest BCUT2D eigenvalue weighted by atomic mass is 10.2. The Hall–Kier alpha value is -2.11. The molecule has 2 heterocycles. The molecular formula is C13H20N6. The molecule has 19 heavy (non-hydrogen) atoms. The maximum absolute atomic E-state index is 4.31. The van der Waals surface area contributed by atoms with E-state index in [4.69, 9.17) is 0 Å². The zero-order valence-electron chi connectivity index (χ0n) is 11.4. The van der Waals surface area contributed by atoms with E-state index in [0.29, 0.717) is 0 Å². The standard InChI is InChI=1S/C13H20N6/c1-3-11-12(14-2)17-9-18-13(11)16-5-4-7-19-8-6-15-10-19/h6,8-10H,3-5,7H2,1-2H3,(H2,14,16,17,18). The van der Waals surface area contributed by atoms with Gasteiger partial charge in [0.15, 0.2) is 0 Å². The van der Waals surface area contributed by atoms with E-state index in [9.17, 15) is 0 Å². The van der Waals surface area contributed by atoms with Gasteiger partial charge >= 0.3 is 0 Å². The van der Waals surface area contributed by atoms with Gasteiger partial charge in [-0.25, -0.2) is 15.0 Å². The third kappa shape index (κ3) is 3.43. The van der Waals surface area contributed by atoms with Crippen LogP contribution in [0.25, 0.3) is 0 Å². The first-order valence-corrected chi connectivity index (χ1v) is 6.56. The number of rotatable bonds is 7. The summed E-state index contributed by atoms with van der Waals surface area (Å²) in [5, 5.41) is 6.47. The van der Waals surface area contributed by atoms with Crippen LogP contribution in [0.3, 0.4) is 0 Å². The monoisotopic (exact) mass is 260 g/mol. The van der Waals surface area contributed by atoms with Crippen molar-refractivity contribution in [3.63, 3.8) is 0 Å². The number of aromatic nitrogens is 4. The Morgan fingerprint density at radius 3 is 2.79 bits per heavy atom. The molecule has 0 aromatic carbocycles. The molecule has 0 amide bonds. The van der Waals surface area contributed by atoms with Gasteiger partial charge in [-0.05, 0) is 12.8 Å². The normalized spacial score (nSPS) is 10.4. The number of imidazole rings is 1. The topological polar surface area (TPSA) is 67.7 Å². The number of nitrogens with one attached hydrogen (secondary N) is 2. The van der Waals surface area contributed by atoms with Gasteiger partial charge in [0.25, 0.3) is 0 Å². The molecular weight excluding hydrogens is 240 g/mol. The molecule has 0 saturated heterocycles. The molecule has 2 N–H and O–H groups in total.